The molecular formula is C21H26N4O3. The van der Waals surface area contributed by atoms with Crippen molar-refractivity contribution in [3.8, 4) is 5.75 Å². The summed E-state index contributed by atoms with van der Waals surface area (Å²) in [6.45, 7) is 3.42. The van der Waals surface area contributed by atoms with Gasteiger partial charge in [0, 0.05) is 25.5 Å². The molecule has 0 unspecified atom stereocenters. The Morgan fingerprint density at radius 2 is 2.04 bits per heavy atom. The van der Waals surface area contributed by atoms with Crippen LogP contribution in [0.3, 0.4) is 0 Å². The highest BCUT2D eigenvalue weighted by Gasteiger charge is 2.43. The number of aliphatic hydroxyl groups is 1. The van der Waals surface area contributed by atoms with Gasteiger partial charge in [-0.25, -0.2) is 4.98 Å². The first kappa shape index (κ1) is 18.7. The molecule has 1 saturated heterocycles. The summed E-state index contributed by atoms with van der Waals surface area (Å²) < 4.78 is 5.72. The first-order valence-electron chi connectivity index (χ1n) is 9.77. The number of hydrogen-bond donors (Lipinski definition) is 2. The minimum Gasteiger partial charge on any atom is -0.484 e. The number of likely N-dealkylation sites (tertiary alicyclic amines) is 1. The van der Waals surface area contributed by atoms with Crippen LogP contribution in [0.5, 0.6) is 5.75 Å². The molecule has 4 atom stereocenters. The van der Waals surface area contributed by atoms with E-state index in [-0.39, 0.29) is 18.6 Å². The first-order valence-corrected chi connectivity index (χ1v) is 9.77. The molecule has 0 bridgehead atoms. The lowest BCUT2D eigenvalue weighted by Gasteiger charge is -2.35. The van der Waals surface area contributed by atoms with Crippen molar-refractivity contribution in [1.82, 2.24) is 14.9 Å². The first-order chi connectivity index (χ1) is 13.6. The highest BCUT2D eigenvalue weighted by molar-refractivity contribution is 5.78. The Morgan fingerprint density at radius 1 is 1.25 bits per heavy atom. The zero-order valence-electron chi connectivity index (χ0n) is 16.0. The number of anilines is 1. The van der Waals surface area contributed by atoms with Crippen molar-refractivity contribution in [3.63, 3.8) is 0 Å². The molecule has 7 nitrogen and oxygen atoms in total. The second kappa shape index (κ2) is 8.14. The molecule has 7 heteroatoms. The molecule has 0 radical (unpaired) electrons. The number of carbonyl (C=O) groups is 1. The van der Waals surface area contributed by atoms with Crippen molar-refractivity contribution in [3.05, 3.63) is 48.4 Å². The van der Waals surface area contributed by atoms with E-state index in [0.29, 0.717) is 37.2 Å². The number of aryl methyl sites for hydroxylation is 1. The number of nitrogens with zero attached hydrogens (tertiary/aromatic N) is 3. The number of aliphatic hydroxyl groups excluding tert-OH is 1. The third-order valence-electron chi connectivity index (χ3n) is 5.84. The monoisotopic (exact) mass is 382 g/mol. The molecule has 1 aromatic carbocycles. The van der Waals surface area contributed by atoms with E-state index >= 15 is 0 Å². The van der Waals surface area contributed by atoms with Crippen LogP contribution in [-0.2, 0) is 4.79 Å². The van der Waals surface area contributed by atoms with Gasteiger partial charge in [-0.15, -0.1) is 0 Å². The van der Waals surface area contributed by atoms with Crippen molar-refractivity contribution < 1.29 is 14.6 Å². The number of aromatic nitrogens is 2. The van der Waals surface area contributed by atoms with Crippen molar-refractivity contribution in [2.24, 2.45) is 11.8 Å². The Labute approximate surface area is 164 Å². The predicted octanol–water partition coefficient (Wildman–Crippen LogP) is 1.87. The summed E-state index contributed by atoms with van der Waals surface area (Å²) in [4.78, 5) is 22.8. The second-order valence-electron chi connectivity index (χ2n) is 7.75. The van der Waals surface area contributed by atoms with Gasteiger partial charge >= 0.3 is 0 Å². The van der Waals surface area contributed by atoms with E-state index < -0.39 is 6.10 Å². The molecular weight excluding hydrogens is 356 g/mol. The molecule has 2 aromatic rings. The van der Waals surface area contributed by atoms with E-state index in [1.165, 1.54) is 0 Å². The van der Waals surface area contributed by atoms with Crippen LogP contribution in [0.1, 0.15) is 18.4 Å². The average molecular weight is 382 g/mol. The highest BCUT2D eigenvalue weighted by Crippen LogP contribution is 2.37. The van der Waals surface area contributed by atoms with Crippen molar-refractivity contribution >= 4 is 11.7 Å². The Hall–Kier alpha value is -2.67. The lowest BCUT2D eigenvalue weighted by Crippen LogP contribution is -2.43. The SMILES string of the molecule is Cc1ccccc1OCC(=O)N1C[C@H]2C[C@@H](Nc3cnccn3)[C@H](O)C[C@H]2C1. The molecule has 1 aliphatic carbocycles. The molecule has 2 fully saturated rings. The zero-order chi connectivity index (χ0) is 19.5. The summed E-state index contributed by atoms with van der Waals surface area (Å²) in [6.07, 6.45) is 5.95. The van der Waals surface area contributed by atoms with Gasteiger partial charge in [-0.3, -0.25) is 9.78 Å². The van der Waals surface area contributed by atoms with Crippen LogP contribution in [0.25, 0.3) is 0 Å². The van der Waals surface area contributed by atoms with Gasteiger partial charge in [-0.05, 0) is 43.2 Å². The predicted molar refractivity (Wildman–Crippen MR) is 105 cm³/mol. The van der Waals surface area contributed by atoms with Gasteiger partial charge in [0.05, 0.1) is 18.3 Å². The van der Waals surface area contributed by atoms with Crippen LogP contribution in [-0.4, -0.2) is 57.7 Å². The average Bonchev–Trinajstić information content (AvgIpc) is 3.11. The number of para-hydroxylation sites is 1. The smallest absolute Gasteiger partial charge is 0.260 e. The minimum atomic E-state index is -0.457. The van der Waals surface area contributed by atoms with Crippen molar-refractivity contribution in [2.75, 3.05) is 25.0 Å². The lowest BCUT2D eigenvalue weighted by molar-refractivity contribution is -0.132. The number of amides is 1. The number of hydrogen-bond acceptors (Lipinski definition) is 6. The van der Waals surface area contributed by atoms with E-state index in [9.17, 15) is 9.90 Å². The summed E-state index contributed by atoms with van der Waals surface area (Å²) in [5.41, 5.74) is 1.02. The van der Waals surface area contributed by atoms with Crippen LogP contribution in [0.2, 0.25) is 0 Å². The second-order valence-corrected chi connectivity index (χ2v) is 7.75. The van der Waals surface area contributed by atoms with Crippen molar-refractivity contribution in [1.29, 1.82) is 0 Å². The lowest BCUT2D eigenvalue weighted by atomic mass is 9.77. The van der Waals surface area contributed by atoms with E-state index in [1.807, 2.05) is 36.1 Å². The Bertz CT molecular complexity index is 816. The van der Waals surface area contributed by atoms with Gasteiger partial charge in [0.25, 0.3) is 5.91 Å². The van der Waals surface area contributed by atoms with Crippen LogP contribution in [0.4, 0.5) is 5.82 Å². The van der Waals surface area contributed by atoms with Crippen LogP contribution < -0.4 is 10.1 Å². The molecule has 0 spiro atoms. The van der Waals surface area contributed by atoms with Gasteiger partial charge in [-0.2, -0.15) is 0 Å². The van der Waals surface area contributed by atoms with Crippen LogP contribution in [0.15, 0.2) is 42.9 Å². The van der Waals surface area contributed by atoms with E-state index in [2.05, 4.69) is 15.3 Å². The largest absolute Gasteiger partial charge is 0.484 e. The topological polar surface area (TPSA) is 87.6 Å². The fourth-order valence-corrected chi connectivity index (χ4v) is 4.30. The normalized spacial score (nSPS) is 26.6. The summed E-state index contributed by atoms with van der Waals surface area (Å²) in [7, 11) is 0. The van der Waals surface area contributed by atoms with E-state index in [1.54, 1.807) is 18.6 Å². The number of carbonyl (C=O) groups excluding carboxylic acids is 1. The Kier molecular flexibility index (Phi) is 5.43. The molecule has 2 N–H and O–H groups in total. The zero-order valence-corrected chi connectivity index (χ0v) is 16.0. The van der Waals surface area contributed by atoms with Gasteiger partial charge in [0.2, 0.25) is 0 Å². The summed E-state index contributed by atoms with van der Waals surface area (Å²) >= 11 is 0. The third-order valence-corrected chi connectivity index (χ3v) is 5.84. The summed E-state index contributed by atoms with van der Waals surface area (Å²) in [5.74, 6) is 2.13. The molecule has 1 aromatic heterocycles. The van der Waals surface area contributed by atoms with E-state index in [0.717, 1.165) is 17.7 Å². The standard InChI is InChI=1S/C21H26N4O3/c1-14-4-2-3-5-19(14)28-13-21(27)25-11-15-8-17(18(26)9-16(15)12-25)24-20-10-22-6-7-23-20/h2-7,10,15-18,26H,8-9,11-13H2,1H3,(H,23,24)/t15-,16+,17-,18-/m1/s1. The maximum Gasteiger partial charge on any atom is 0.260 e. The highest BCUT2D eigenvalue weighted by atomic mass is 16.5. The maximum absolute atomic E-state index is 12.6. The van der Waals surface area contributed by atoms with Gasteiger partial charge < -0.3 is 20.1 Å². The van der Waals surface area contributed by atoms with E-state index in [4.69, 9.17) is 4.74 Å². The molecule has 2 heterocycles. The molecule has 4 rings (SSSR count). The molecule has 1 saturated carbocycles. The van der Waals surface area contributed by atoms with Gasteiger partial charge in [0.15, 0.2) is 6.61 Å². The number of nitrogens with one attached hydrogen (secondary N) is 1. The quantitative estimate of drug-likeness (QED) is 0.821. The fourth-order valence-electron chi connectivity index (χ4n) is 4.30. The molecule has 28 heavy (non-hydrogen) atoms. The molecule has 1 aliphatic heterocycles. The fraction of sp³-hybridized carbons (Fsp3) is 0.476. The maximum atomic E-state index is 12.6. The third kappa shape index (κ3) is 4.09. The number of ether oxygens (including phenoxy) is 1. The summed E-state index contributed by atoms with van der Waals surface area (Å²) in [6, 6.07) is 7.63. The van der Waals surface area contributed by atoms with Crippen LogP contribution in [0, 0.1) is 18.8 Å². The molecule has 1 amide bonds. The minimum absolute atomic E-state index is 0.00516. The Balaban J connectivity index is 1.32. The van der Waals surface area contributed by atoms with Crippen molar-refractivity contribution in [2.45, 2.75) is 31.9 Å². The molecule has 2 aliphatic rings. The van der Waals surface area contributed by atoms with Crippen LogP contribution >= 0.6 is 0 Å². The van der Waals surface area contributed by atoms with Gasteiger partial charge in [0.1, 0.15) is 11.6 Å². The number of benzene rings is 1. The summed E-state index contributed by atoms with van der Waals surface area (Å²) in [5, 5.41) is 13.8. The van der Waals surface area contributed by atoms with Gasteiger partial charge in [-0.1, -0.05) is 18.2 Å². The molecule has 148 valence electrons. The Morgan fingerprint density at radius 3 is 2.79 bits per heavy atom. The number of fused-ring (bicyclic) bond motifs is 1. The number of rotatable bonds is 5.